The Kier molecular flexibility index (Phi) is 5.37. The SMILES string of the molecule is Cc1ccc(OCCCC(=O)N(C)Cc2cn[nH]c2)cc1. The number of nitrogens with zero attached hydrogens (tertiary/aromatic N) is 2. The van der Waals surface area contributed by atoms with Gasteiger partial charge in [0.2, 0.25) is 5.91 Å². The molecule has 1 amide bonds. The van der Waals surface area contributed by atoms with Gasteiger partial charge in [0.15, 0.2) is 0 Å². The lowest BCUT2D eigenvalue weighted by Crippen LogP contribution is -2.26. The fourth-order valence-corrected chi connectivity index (χ4v) is 1.96. The third-order valence-electron chi connectivity index (χ3n) is 3.23. The van der Waals surface area contributed by atoms with E-state index in [4.69, 9.17) is 4.74 Å². The van der Waals surface area contributed by atoms with E-state index >= 15 is 0 Å². The first kappa shape index (κ1) is 15.1. The Hall–Kier alpha value is -2.30. The molecule has 21 heavy (non-hydrogen) atoms. The molecule has 0 radical (unpaired) electrons. The molecule has 1 heterocycles. The highest BCUT2D eigenvalue weighted by Crippen LogP contribution is 2.12. The summed E-state index contributed by atoms with van der Waals surface area (Å²) in [7, 11) is 1.80. The highest BCUT2D eigenvalue weighted by atomic mass is 16.5. The smallest absolute Gasteiger partial charge is 0.222 e. The summed E-state index contributed by atoms with van der Waals surface area (Å²) in [6.45, 7) is 3.17. The second-order valence-electron chi connectivity index (χ2n) is 5.12. The van der Waals surface area contributed by atoms with Gasteiger partial charge in [-0.3, -0.25) is 9.89 Å². The molecule has 0 aliphatic heterocycles. The van der Waals surface area contributed by atoms with Crippen LogP contribution in [0, 0.1) is 6.92 Å². The van der Waals surface area contributed by atoms with Crippen LogP contribution in [-0.4, -0.2) is 34.7 Å². The molecule has 1 aromatic heterocycles. The molecule has 0 unspecified atom stereocenters. The Morgan fingerprint density at radius 3 is 2.76 bits per heavy atom. The number of aryl methyl sites for hydroxylation is 1. The Bertz CT molecular complexity index is 549. The summed E-state index contributed by atoms with van der Waals surface area (Å²) in [6.07, 6.45) is 4.72. The minimum absolute atomic E-state index is 0.115. The van der Waals surface area contributed by atoms with Gasteiger partial charge in [-0.1, -0.05) is 17.7 Å². The van der Waals surface area contributed by atoms with Crippen molar-refractivity contribution in [2.75, 3.05) is 13.7 Å². The quantitative estimate of drug-likeness (QED) is 0.796. The number of ether oxygens (including phenoxy) is 1. The molecule has 0 spiro atoms. The second kappa shape index (κ2) is 7.47. The number of benzene rings is 1. The van der Waals surface area contributed by atoms with E-state index in [1.165, 1.54) is 5.56 Å². The first-order valence-corrected chi connectivity index (χ1v) is 7.06. The standard InChI is InChI=1S/C16H21N3O2/c1-13-5-7-15(8-6-13)21-9-3-4-16(20)19(2)12-14-10-17-18-11-14/h5-8,10-11H,3-4,9,12H2,1-2H3,(H,17,18). The summed E-state index contributed by atoms with van der Waals surface area (Å²) in [5.74, 6) is 0.962. The van der Waals surface area contributed by atoms with Gasteiger partial charge in [0, 0.05) is 31.8 Å². The lowest BCUT2D eigenvalue weighted by atomic mass is 10.2. The Morgan fingerprint density at radius 2 is 2.10 bits per heavy atom. The van der Waals surface area contributed by atoms with Crippen molar-refractivity contribution in [3.8, 4) is 5.75 Å². The monoisotopic (exact) mass is 287 g/mol. The van der Waals surface area contributed by atoms with Crippen molar-refractivity contribution in [3.63, 3.8) is 0 Å². The number of hydrogen-bond acceptors (Lipinski definition) is 3. The summed E-state index contributed by atoms with van der Waals surface area (Å²) in [5, 5.41) is 6.61. The Labute approximate surface area is 124 Å². The summed E-state index contributed by atoms with van der Waals surface area (Å²) in [5.41, 5.74) is 2.21. The zero-order chi connectivity index (χ0) is 15.1. The number of amides is 1. The van der Waals surface area contributed by atoms with Gasteiger partial charge in [-0.05, 0) is 25.5 Å². The van der Waals surface area contributed by atoms with Gasteiger partial charge in [0.1, 0.15) is 5.75 Å². The molecular weight excluding hydrogens is 266 g/mol. The van der Waals surface area contributed by atoms with Crippen molar-refractivity contribution in [2.24, 2.45) is 0 Å². The first-order valence-electron chi connectivity index (χ1n) is 7.06. The van der Waals surface area contributed by atoms with E-state index in [9.17, 15) is 4.79 Å². The molecule has 0 saturated heterocycles. The zero-order valence-corrected chi connectivity index (χ0v) is 12.5. The number of aromatic nitrogens is 2. The van der Waals surface area contributed by atoms with Crippen molar-refractivity contribution in [2.45, 2.75) is 26.3 Å². The molecule has 0 aliphatic rings. The van der Waals surface area contributed by atoms with Gasteiger partial charge in [-0.2, -0.15) is 5.10 Å². The summed E-state index contributed by atoms with van der Waals surface area (Å²) < 4.78 is 5.61. The fraction of sp³-hybridized carbons (Fsp3) is 0.375. The largest absolute Gasteiger partial charge is 0.494 e. The van der Waals surface area contributed by atoms with Crippen LogP contribution in [0.25, 0.3) is 0 Å². The van der Waals surface area contributed by atoms with Crippen molar-refractivity contribution < 1.29 is 9.53 Å². The first-order chi connectivity index (χ1) is 10.1. The van der Waals surface area contributed by atoms with Crippen molar-refractivity contribution in [1.29, 1.82) is 0 Å². The van der Waals surface area contributed by atoms with Gasteiger partial charge >= 0.3 is 0 Å². The average Bonchev–Trinajstić information content (AvgIpc) is 2.98. The number of rotatable bonds is 7. The van der Waals surface area contributed by atoms with Crippen LogP contribution in [0.15, 0.2) is 36.7 Å². The van der Waals surface area contributed by atoms with Gasteiger partial charge in [0.25, 0.3) is 0 Å². The average molecular weight is 287 g/mol. The van der Waals surface area contributed by atoms with Gasteiger partial charge < -0.3 is 9.64 Å². The summed E-state index contributed by atoms with van der Waals surface area (Å²) in [6, 6.07) is 7.92. The maximum atomic E-state index is 12.0. The van der Waals surface area contributed by atoms with Crippen LogP contribution in [0.1, 0.15) is 24.0 Å². The number of H-pyrrole nitrogens is 1. The molecule has 0 bridgehead atoms. The lowest BCUT2D eigenvalue weighted by molar-refractivity contribution is -0.130. The molecule has 2 rings (SSSR count). The molecule has 1 N–H and O–H groups in total. The highest BCUT2D eigenvalue weighted by molar-refractivity contribution is 5.75. The van der Waals surface area contributed by atoms with E-state index in [1.807, 2.05) is 31.2 Å². The van der Waals surface area contributed by atoms with Crippen molar-refractivity contribution in [3.05, 3.63) is 47.8 Å². The fourth-order valence-electron chi connectivity index (χ4n) is 1.96. The van der Waals surface area contributed by atoms with Crippen LogP contribution < -0.4 is 4.74 Å². The number of nitrogens with one attached hydrogen (secondary N) is 1. The minimum Gasteiger partial charge on any atom is -0.494 e. The van der Waals surface area contributed by atoms with Crippen molar-refractivity contribution in [1.82, 2.24) is 15.1 Å². The van der Waals surface area contributed by atoms with E-state index in [1.54, 1.807) is 24.3 Å². The van der Waals surface area contributed by atoms with Gasteiger partial charge in [-0.25, -0.2) is 0 Å². The molecule has 5 nitrogen and oxygen atoms in total. The molecule has 2 aromatic rings. The molecule has 112 valence electrons. The third-order valence-corrected chi connectivity index (χ3v) is 3.23. The summed E-state index contributed by atoms with van der Waals surface area (Å²) >= 11 is 0. The molecular formula is C16H21N3O2. The molecule has 5 heteroatoms. The van der Waals surface area contributed by atoms with Crippen LogP contribution in [0.3, 0.4) is 0 Å². The number of carbonyl (C=O) groups is 1. The summed E-state index contributed by atoms with van der Waals surface area (Å²) in [4.78, 5) is 13.7. The minimum atomic E-state index is 0.115. The number of aromatic amines is 1. The van der Waals surface area contributed by atoms with Crippen LogP contribution in [-0.2, 0) is 11.3 Å². The van der Waals surface area contributed by atoms with Crippen LogP contribution in [0.5, 0.6) is 5.75 Å². The lowest BCUT2D eigenvalue weighted by Gasteiger charge is -2.16. The van der Waals surface area contributed by atoms with E-state index < -0.39 is 0 Å². The number of carbonyl (C=O) groups excluding carboxylic acids is 1. The van der Waals surface area contributed by atoms with E-state index in [0.29, 0.717) is 26.0 Å². The Morgan fingerprint density at radius 1 is 1.33 bits per heavy atom. The highest BCUT2D eigenvalue weighted by Gasteiger charge is 2.09. The topological polar surface area (TPSA) is 58.2 Å². The predicted molar refractivity (Wildman–Crippen MR) is 81.0 cm³/mol. The Balaban J connectivity index is 1.65. The zero-order valence-electron chi connectivity index (χ0n) is 12.5. The molecule has 0 fully saturated rings. The molecule has 0 aliphatic carbocycles. The maximum Gasteiger partial charge on any atom is 0.222 e. The molecule has 0 atom stereocenters. The van der Waals surface area contributed by atoms with Crippen molar-refractivity contribution >= 4 is 5.91 Å². The molecule has 1 aromatic carbocycles. The van der Waals surface area contributed by atoms with Crippen LogP contribution in [0.2, 0.25) is 0 Å². The van der Waals surface area contributed by atoms with Crippen LogP contribution in [0.4, 0.5) is 0 Å². The van der Waals surface area contributed by atoms with Gasteiger partial charge in [-0.15, -0.1) is 0 Å². The van der Waals surface area contributed by atoms with E-state index in [2.05, 4.69) is 10.2 Å². The third kappa shape index (κ3) is 4.95. The molecule has 0 saturated carbocycles. The second-order valence-corrected chi connectivity index (χ2v) is 5.12. The number of hydrogen-bond donors (Lipinski definition) is 1. The predicted octanol–water partition coefficient (Wildman–Crippen LogP) is 2.54. The van der Waals surface area contributed by atoms with E-state index in [0.717, 1.165) is 11.3 Å². The normalized spacial score (nSPS) is 10.4. The van der Waals surface area contributed by atoms with E-state index in [-0.39, 0.29) is 5.91 Å². The van der Waals surface area contributed by atoms with Gasteiger partial charge in [0.05, 0.1) is 12.8 Å². The maximum absolute atomic E-state index is 12.0. The van der Waals surface area contributed by atoms with Crippen LogP contribution >= 0.6 is 0 Å².